The summed E-state index contributed by atoms with van der Waals surface area (Å²) in [4.78, 5) is 14.5. The quantitative estimate of drug-likeness (QED) is 0.635. The fourth-order valence-electron chi connectivity index (χ4n) is 1.82. The fraction of sp³-hybridized carbons (Fsp3) is 0.0833. The maximum absolute atomic E-state index is 11.3. The van der Waals surface area contributed by atoms with Crippen molar-refractivity contribution in [3.63, 3.8) is 0 Å². The number of rotatable bonds is 1. The van der Waals surface area contributed by atoms with E-state index in [9.17, 15) is 4.79 Å². The molecule has 0 atom stereocenters. The number of furan rings is 1. The SMILES string of the molecule is COC(=O)c1cc2[nH]c3ccccc3c2o1. The topological polar surface area (TPSA) is 55.2 Å². The molecule has 0 spiro atoms. The van der Waals surface area contributed by atoms with Gasteiger partial charge in [0.15, 0.2) is 5.58 Å². The first-order chi connectivity index (χ1) is 7.79. The Bertz CT molecular complexity index is 678. The highest BCUT2D eigenvalue weighted by atomic mass is 16.5. The summed E-state index contributed by atoms with van der Waals surface area (Å²) in [6.45, 7) is 0. The van der Waals surface area contributed by atoms with E-state index in [1.807, 2.05) is 24.3 Å². The maximum Gasteiger partial charge on any atom is 0.374 e. The Morgan fingerprint density at radius 1 is 1.31 bits per heavy atom. The summed E-state index contributed by atoms with van der Waals surface area (Å²) in [7, 11) is 1.33. The number of methoxy groups -OCH3 is 1. The van der Waals surface area contributed by atoms with E-state index in [4.69, 9.17) is 4.42 Å². The van der Waals surface area contributed by atoms with Crippen molar-refractivity contribution in [1.29, 1.82) is 0 Å². The molecular formula is C12H9NO3. The molecule has 0 radical (unpaired) electrons. The number of hydrogen-bond acceptors (Lipinski definition) is 3. The summed E-state index contributed by atoms with van der Waals surface area (Å²) in [5.74, 6) is -0.247. The van der Waals surface area contributed by atoms with Crippen LogP contribution in [-0.2, 0) is 4.74 Å². The van der Waals surface area contributed by atoms with Crippen LogP contribution in [0.4, 0.5) is 0 Å². The number of esters is 1. The highest BCUT2D eigenvalue weighted by molar-refractivity contribution is 6.06. The number of hydrogen-bond donors (Lipinski definition) is 1. The molecule has 0 aliphatic rings. The smallest absolute Gasteiger partial charge is 0.374 e. The molecule has 4 nitrogen and oxygen atoms in total. The van der Waals surface area contributed by atoms with Gasteiger partial charge in [-0.05, 0) is 12.1 Å². The molecule has 3 rings (SSSR count). The van der Waals surface area contributed by atoms with E-state index >= 15 is 0 Å². The standard InChI is InChI=1S/C12H9NO3/c1-15-12(14)10-6-9-11(16-10)7-4-2-3-5-8(7)13-9/h2-6,13H,1H3. The highest BCUT2D eigenvalue weighted by Crippen LogP contribution is 2.28. The molecule has 1 aromatic carbocycles. The van der Waals surface area contributed by atoms with Crippen LogP contribution in [0.1, 0.15) is 10.6 Å². The molecular weight excluding hydrogens is 206 g/mol. The Labute approximate surface area is 90.8 Å². The minimum absolute atomic E-state index is 0.217. The van der Waals surface area contributed by atoms with Crippen molar-refractivity contribution < 1.29 is 13.9 Å². The first-order valence-corrected chi connectivity index (χ1v) is 4.88. The van der Waals surface area contributed by atoms with E-state index in [2.05, 4.69) is 9.72 Å². The van der Waals surface area contributed by atoms with E-state index in [0.29, 0.717) is 5.58 Å². The number of carbonyl (C=O) groups excluding carboxylic acids is 1. The van der Waals surface area contributed by atoms with Gasteiger partial charge in [-0.1, -0.05) is 12.1 Å². The number of nitrogens with one attached hydrogen (secondary N) is 1. The molecule has 80 valence electrons. The zero-order chi connectivity index (χ0) is 11.1. The van der Waals surface area contributed by atoms with Gasteiger partial charge in [-0.25, -0.2) is 4.79 Å². The van der Waals surface area contributed by atoms with Crippen molar-refractivity contribution in [1.82, 2.24) is 4.98 Å². The van der Waals surface area contributed by atoms with Crippen molar-refractivity contribution in [3.05, 3.63) is 36.1 Å². The predicted octanol–water partition coefficient (Wildman–Crippen LogP) is 2.70. The summed E-state index contributed by atoms with van der Waals surface area (Å²) < 4.78 is 10.1. The van der Waals surface area contributed by atoms with Gasteiger partial charge in [0, 0.05) is 17.0 Å². The van der Waals surface area contributed by atoms with E-state index in [-0.39, 0.29) is 5.76 Å². The molecule has 1 N–H and O–H groups in total. The molecule has 0 saturated heterocycles. The third-order valence-electron chi connectivity index (χ3n) is 2.56. The Hall–Kier alpha value is -2.23. The molecule has 0 amide bonds. The van der Waals surface area contributed by atoms with Crippen LogP contribution in [0.15, 0.2) is 34.7 Å². The molecule has 0 saturated carbocycles. The van der Waals surface area contributed by atoms with Gasteiger partial charge in [0.05, 0.1) is 12.6 Å². The molecule has 4 heteroatoms. The van der Waals surface area contributed by atoms with Crippen molar-refractivity contribution in [2.24, 2.45) is 0 Å². The van der Waals surface area contributed by atoms with Crippen LogP contribution in [-0.4, -0.2) is 18.1 Å². The van der Waals surface area contributed by atoms with E-state index in [1.165, 1.54) is 7.11 Å². The average Bonchev–Trinajstić information content (AvgIpc) is 2.85. The Morgan fingerprint density at radius 2 is 2.12 bits per heavy atom. The first kappa shape index (κ1) is 9.03. The van der Waals surface area contributed by atoms with Gasteiger partial charge in [0.25, 0.3) is 0 Å². The van der Waals surface area contributed by atoms with Crippen LogP contribution in [0.2, 0.25) is 0 Å². The molecule has 0 bridgehead atoms. The molecule has 2 heterocycles. The fourth-order valence-corrected chi connectivity index (χ4v) is 1.82. The van der Waals surface area contributed by atoms with Crippen LogP contribution in [0, 0.1) is 0 Å². The monoisotopic (exact) mass is 215 g/mol. The summed E-state index contributed by atoms with van der Waals surface area (Å²) in [6, 6.07) is 9.43. The first-order valence-electron chi connectivity index (χ1n) is 4.88. The van der Waals surface area contributed by atoms with Crippen LogP contribution >= 0.6 is 0 Å². The minimum atomic E-state index is -0.464. The van der Waals surface area contributed by atoms with Crippen LogP contribution in [0.25, 0.3) is 22.0 Å². The summed E-state index contributed by atoms with van der Waals surface area (Å²) >= 11 is 0. The lowest BCUT2D eigenvalue weighted by Gasteiger charge is -1.92. The molecule has 0 fully saturated rings. The zero-order valence-electron chi connectivity index (χ0n) is 8.61. The second-order valence-electron chi connectivity index (χ2n) is 3.52. The Morgan fingerprint density at radius 3 is 2.94 bits per heavy atom. The number of para-hydroxylation sites is 1. The number of H-pyrrole nitrogens is 1. The van der Waals surface area contributed by atoms with Gasteiger partial charge < -0.3 is 14.1 Å². The van der Waals surface area contributed by atoms with Crippen molar-refractivity contribution in [2.45, 2.75) is 0 Å². The minimum Gasteiger partial charge on any atom is -0.463 e. The van der Waals surface area contributed by atoms with Crippen LogP contribution in [0.5, 0.6) is 0 Å². The number of aromatic nitrogens is 1. The Balaban J connectivity index is 2.30. The maximum atomic E-state index is 11.3. The molecule has 16 heavy (non-hydrogen) atoms. The largest absolute Gasteiger partial charge is 0.463 e. The van der Waals surface area contributed by atoms with E-state index < -0.39 is 5.97 Å². The van der Waals surface area contributed by atoms with Gasteiger partial charge in [0.2, 0.25) is 5.76 Å². The van der Waals surface area contributed by atoms with Gasteiger partial charge in [-0.2, -0.15) is 0 Å². The lowest BCUT2D eigenvalue weighted by atomic mass is 10.2. The van der Waals surface area contributed by atoms with Gasteiger partial charge in [-0.3, -0.25) is 0 Å². The molecule has 0 unspecified atom stereocenters. The summed E-state index contributed by atoms with van der Waals surface area (Å²) in [6.07, 6.45) is 0. The van der Waals surface area contributed by atoms with Crippen molar-refractivity contribution >= 4 is 28.0 Å². The second kappa shape index (κ2) is 3.13. The molecule has 3 aromatic rings. The lowest BCUT2D eigenvalue weighted by Crippen LogP contribution is -1.98. The zero-order valence-corrected chi connectivity index (χ0v) is 8.61. The normalized spacial score (nSPS) is 11.1. The van der Waals surface area contributed by atoms with E-state index in [1.54, 1.807) is 6.07 Å². The molecule has 2 aromatic heterocycles. The van der Waals surface area contributed by atoms with Crippen molar-refractivity contribution in [2.75, 3.05) is 7.11 Å². The van der Waals surface area contributed by atoms with Gasteiger partial charge in [-0.15, -0.1) is 0 Å². The van der Waals surface area contributed by atoms with E-state index in [0.717, 1.165) is 16.4 Å². The second-order valence-corrected chi connectivity index (χ2v) is 3.52. The number of aromatic amines is 1. The van der Waals surface area contributed by atoms with Gasteiger partial charge in [0.1, 0.15) is 0 Å². The third kappa shape index (κ3) is 1.13. The summed E-state index contributed by atoms with van der Waals surface area (Å²) in [5.41, 5.74) is 2.49. The number of fused-ring (bicyclic) bond motifs is 3. The highest BCUT2D eigenvalue weighted by Gasteiger charge is 2.15. The summed E-state index contributed by atoms with van der Waals surface area (Å²) in [5, 5.41) is 0.965. The van der Waals surface area contributed by atoms with Crippen LogP contribution < -0.4 is 0 Å². The van der Waals surface area contributed by atoms with Gasteiger partial charge >= 0.3 is 5.97 Å². The third-order valence-corrected chi connectivity index (χ3v) is 2.56. The predicted molar refractivity (Wildman–Crippen MR) is 59.4 cm³/mol. The molecule has 0 aliphatic carbocycles. The lowest BCUT2D eigenvalue weighted by molar-refractivity contribution is 0.0568. The van der Waals surface area contributed by atoms with Crippen molar-refractivity contribution in [3.8, 4) is 0 Å². The van der Waals surface area contributed by atoms with Crippen LogP contribution in [0.3, 0.4) is 0 Å². The number of benzene rings is 1. The average molecular weight is 215 g/mol. The number of ether oxygens (including phenoxy) is 1. The number of carbonyl (C=O) groups is 1. The molecule has 0 aliphatic heterocycles. The Kier molecular flexibility index (Phi) is 1.77.